The zero-order valence-corrected chi connectivity index (χ0v) is 12.5. The molecule has 4 heteroatoms. The maximum absolute atomic E-state index is 11.5. The lowest BCUT2D eigenvalue weighted by atomic mass is 9.94. The fourth-order valence-corrected chi connectivity index (χ4v) is 2.83. The summed E-state index contributed by atoms with van der Waals surface area (Å²) in [5.74, 6) is -0.0317. The molecule has 0 bridgehead atoms. The molecule has 0 aromatic heterocycles. The van der Waals surface area contributed by atoms with E-state index in [-0.39, 0.29) is 5.78 Å². The summed E-state index contributed by atoms with van der Waals surface area (Å²) in [5.41, 5.74) is 0.986. The van der Waals surface area contributed by atoms with Crippen LogP contribution in [0.5, 0.6) is 0 Å². The Hall–Kier alpha value is -1.86. The van der Waals surface area contributed by atoms with Crippen molar-refractivity contribution in [3.05, 3.63) is 29.3 Å². The number of nitrogens with one attached hydrogen (secondary N) is 1. The molecule has 1 fully saturated rings. The molecule has 1 aromatic carbocycles. The monoisotopic (exact) mass is 286 g/mol. The lowest BCUT2D eigenvalue weighted by Crippen LogP contribution is -2.36. The Labute approximate surface area is 125 Å². The lowest BCUT2D eigenvalue weighted by molar-refractivity contribution is 0.0381. The van der Waals surface area contributed by atoms with Crippen molar-refractivity contribution in [1.29, 1.82) is 5.26 Å². The molecule has 4 nitrogen and oxygen atoms in total. The summed E-state index contributed by atoms with van der Waals surface area (Å²) in [5, 5.41) is 23.0. The normalized spacial score (nSPS) is 17.6. The van der Waals surface area contributed by atoms with Crippen LogP contribution in [0.2, 0.25) is 0 Å². The number of Topliss-reactive ketones (excluding diaryl/α,β-unsaturated/α-hetero) is 1. The van der Waals surface area contributed by atoms with E-state index in [0.717, 1.165) is 25.7 Å². The molecule has 0 heterocycles. The Morgan fingerprint density at radius 2 is 2.00 bits per heavy atom. The van der Waals surface area contributed by atoms with Crippen LogP contribution in [0.3, 0.4) is 0 Å². The van der Waals surface area contributed by atoms with E-state index < -0.39 is 5.60 Å². The largest absolute Gasteiger partial charge is 0.388 e. The molecule has 0 atom stereocenters. The van der Waals surface area contributed by atoms with Crippen molar-refractivity contribution < 1.29 is 9.90 Å². The van der Waals surface area contributed by atoms with Crippen molar-refractivity contribution in [3.8, 4) is 6.07 Å². The van der Waals surface area contributed by atoms with Crippen molar-refractivity contribution in [2.45, 2.75) is 51.0 Å². The van der Waals surface area contributed by atoms with Gasteiger partial charge in [0.2, 0.25) is 0 Å². The first kappa shape index (κ1) is 15.5. The molecule has 1 aliphatic carbocycles. The van der Waals surface area contributed by atoms with E-state index in [4.69, 9.17) is 5.26 Å². The zero-order valence-electron chi connectivity index (χ0n) is 12.5. The van der Waals surface area contributed by atoms with Gasteiger partial charge in [0.25, 0.3) is 0 Å². The van der Waals surface area contributed by atoms with Crippen LogP contribution in [0.4, 0.5) is 5.69 Å². The molecule has 0 amide bonds. The van der Waals surface area contributed by atoms with Gasteiger partial charge in [-0.05, 0) is 38.0 Å². The van der Waals surface area contributed by atoms with Gasteiger partial charge in [-0.2, -0.15) is 5.26 Å². The third-order valence-electron chi connectivity index (χ3n) is 4.19. The number of hydrogen-bond acceptors (Lipinski definition) is 4. The van der Waals surface area contributed by atoms with E-state index >= 15 is 0 Å². The molecule has 0 saturated heterocycles. The predicted molar refractivity (Wildman–Crippen MR) is 82.3 cm³/mol. The number of carbonyl (C=O) groups excluding carboxylic acids is 1. The van der Waals surface area contributed by atoms with Gasteiger partial charge in [-0.1, -0.05) is 25.7 Å². The van der Waals surface area contributed by atoms with E-state index in [1.807, 2.05) is 0 Å². The van der Waals surface area contributed by atoms with Crippen molar-refractivity contribution >= 4 is 11.5 Å². The van der Waals surface area contributed by atoms with Gasteiger partial charge in [0.05, 0.1) is 16.9 Å². The van der Waals surface area contributed by atoms with Crippen LogP contribution in [-0.2, 0) is 0 Å². The maximum Gasteiger partial charge on any atom is 0.159 e. The van der Waals surface area contributed by atoms with Gasteiger partial charge in [0.15, 0.2) is 5.78 Å². The van der Waals surface area contributed by atoms with Gasteiger partial charge in [-0.15, -0.1) is 0 Å². The van der Waals surface area contributed by atoms with Crippen LogP contribution in [-0.4, -0.2) is 23.0 Å². The summed E-state index contributed by atoms with van der Waals surface area (Å²) in [7, 11) is 0. The zero-order chi connectivity index (χ0) is 15.3. The van der Waals surface area contributed by atoms with Crippen LogP contribution in [0, 0.1) is 11.3 Å². The molecule has 1 aromatic rings. The molecule has 21 heavy (non-hydrogen) atoms. The topological polar surface area (TPSA) is 73.1 Å². The molecule has 1 aliphatic rings. The van der Waals surface area contributed by atoms with Gasteiger partial charge >= 0.3 is 0 Å². The van der Waals surface area contributed by atoms with Gasteiger partial charge < -0.3 is 10.4 Å². The van der Waals surface area contributed by atoms with Crippen molar-refractivity contribution in [3.63, 3.8) is 0 Å². The van der Waals surface area contributed by atoms with Crippen LogP contribution in [0.15, 0.2) is 18.2 Å². The lowest BCUT2D eigenvalue weighted by Gasteiger charge is -2.27. The first-order valence-corrected chi connectivity index (χ1v) is 7.55. The molecule has 2 rings (SSSR count). The average molecular weight is 286 g/mol. The molecule has 112 valence electrons. The third kappa shape index (κ3) is 4.05. The second-order valence-electron chi connectivity index (χ2n) is 5.92. The highest BCUT2D eigenvalue weighted by Crippen LogP contribution is 2.28. The van der Waals surface area contributed by atoms with Gasteiger partial charge in [0, 0.05) is 12.1 Å². The Morgan fingerprint density at radius 1 is 1.33 bits per heavy atom. The van der Waals surface area contributed by atoms with E-state index in [9.17, 15) is 9.90 Å². The van der Waals surface area contributed by atoms with Gasteiger partial charge in [-0.3, -0.25) is 4.79 Å². The van der Waals surface area contributed by atoms with E-state index in [1.54, 1.807) is 18.2 Å². The Bertz CT molecular complexity index is 552. The van der Waals surface area contributed by atoms with Crippen LogP contribution in [0.1, 0.15) is 61.4 Å². The number of benzene rings is 1. The minimum Gasteiger partial charge on any atom is -0.388 e. The SMILES string of the molecule is CC(=O)c1ccc(C#N)c(NCC2(O)CCCCCC2)c1. The highest BCUT2D eigenvalue weighted by Gasteiger charge is 2.27. The minimum atomic E-state index is -0.713. The summed E-state index contributed by atoms with van der Waals surface area (Å²) in [4.78, 5) is 11.5. The number of aliphatic hydroxyl groups is 1. The Kier molecular flexibility index (Phi) is 4.98. The smallest absolute Gasteiger partial charge is 0.159 e. The van der Waals surface area contributed by atoms with Crippen LogP contribution < -0.4 is 5.32 Å². The Balaban J connectivity index is 2.13. The highest BCUT2D eigenvalue weighted by atomic mass is 16.3. The fourth-order valence-electron chi connectivity index (χ4n) is 2.83. The molecule has 0 radical (unpaired) electrons. The maximum atomic E-state index is 11.5. The molecule has 2 N–H and O–H groups in total. The highest BCUT2D eigenvalue weighted by molar-refractivity contribution is 5.95. The summed E-state index contributed by atoms with van der Waals surface area (Å²) in [6.07, 6.45) is 5.99. The predicted octanol–water partition coefficient (Wildman–Crippen LogP) is 3.26. The van der Waals surface area contributed by atoms with Crippen LogP contribution >= 0.6 is 0 Å². The van der Waals surface area contributed by atoms with E-state index in [2.05, 4.69) is 11.4 Å². The van der Waals surface area contributed by atoms with Crippen molar-refractivity contribution in [2.75, 3.05) is 11.9 Å². The second-order valence-corrected chi connectivity index (χ2v) is 5.92. The van der Waals surface area contributed by atoms with Crippen molar-refractivity contribution in [2.24, 2.45) is 0 Å². The second kappa shape index (κ2) is 6.73. The van der Waals surface area contributed by atoms with E-state index in [1.165, 1.54) is 19.8 Å². The third-order valence-corrected chi connectivity index (χ3v) is 4.19. The summed E-state index contributed by atoms with van der Waals surface area (Å²) in [6, 6.07) is 7.12. The standard InChI is InChI=1S/C17H22N2O2/c1-13(20)14-6-7-15(11-18)16(10-14)19-12-17(21)8-4-2-3-5-9-17/h6-7,10,19,21H,2-5,8-9,12H2,1H3. The van der Waals surface area contributed by atoms with Gasteiger partial charge in [0.1, 0.15) is 6.07 Å². The first-order chi connectivity index (χ1) is 10.0. The number of anilines is 1. The number of nitriles is 1. The fraction of sp³-hybridized carbons (Fsp3) is 0.529. The minimum absolute atomic E-state index is 0.0317. The molecular weight excluding hydrogens is 264 g/mol. The van der Waals surface area contributed by atoms with Crippen molar-refractivity contribution in [1.82, 2.24) is 0 Å². The summed E-state index contributed by atoms with van der Waals surface area (Å²) in [6.45, 7) is 1.92. The number of hydrogen-bond donors (Lipinski definition) is 2. The molecule has 0 unspecified atom stereocenters. The number of carbonyl (C=O) groups is 1. The number of nitrogens with zero attached hydrogens (tertiary/aromatic N) is 1. The number of rotatable bonds is 4. The summed E-state index contributed by atoms with van der Waals surface area (Å²) >= 11 is 0. The van der Waals surface area contributed by atoms with E-state index in [0.29, 0.717) is 23.4 Å². The quantitative estimate of drug-likeness (QED) is 0.658. The summed E-state index contributed by atoms with van der Waals surface area (Å²) < 4.78 is 0. The molecule has 0 spiro atoms. The average Bonchev–Trinajstić information content (AvgIpc) is 2.70. The molecule has 0 aliphatic heterocycles. The Morgan fingerprint density at radius 3 is 2.57 bits per heavy atom. The molecule has 1 saturated carbocycles. The number of ketones is 1. The first-order valence-electron chi connectivity index (χ1n) is 7.55. The van der Waals surface area contributed by atoms with Crippen LogP contribution in [0.25, 0.3) is 0 Å². The molecular formula is C17H22N2O2. The van der Waals surface area contributed by atoms with Gasteiger partial charge in [-0.25, -0.2) is 0 Å².